The maximum absolute atomic E-state index is 12.8. The summed E-state index contributed by atoms with van der Waals surface area (Å²) in [6.07, 6.45) is 3.23. The fourth-order valence-electron chi connectivity index (χ4n) is 3.20. The van der Waals surface area contributed by atoms with Crippen LogP contribution in [0.15, 0.2) is 41.9 Å². The van der Waals surface area contributed by atoms with E-state index in [1.54, 1.807) is 17.2 Å². The molecule has 2 amide bonds. The molecule has 0 aliphatic carbocycles. The highest BCUT2D eigenvalue weighted by Crippen LogP contribution is 2.32. The number of hydrogen-bond donors (Lipinski definition) is 1. The number of carbonyl (C=O) groups is 2. The number of nitrogens with zero attached hydrogens (tertiary/aromatic N) is 3. The molecule has 0 bridgehead atoms. The predicted octanol–water partition coefficient (Wildman–Crippen LogP) is 3.82. The molecule has 138 valence electrons. The van der Waals surface area contributed by atoms with Gasteiger partial charge in [-0.05, 0) is 43.3 Å². The van der Waals surface area contributed by atoms with Gasteiger partial charge in [0.2, 0.25) is 5.91 Å². The van der Waals surface area contributed by atoms with Crippen LogP contribution in [0, 0.1) is 6.92 Å². The van der Waals surface area contributed by atoms with Crippen molar-refractivity contribution in [1.29, 1.82) is 0 Å². The molecule has 0 radical (unpaired) electrons. The maximum atomic E-state index is 12.8. The van der Waals surface area contributed by atoms with Gasteiger partial charge < -0.3 is 10.2 Å². The minimum absolute atomic E-state index is 0.0767. The molecule has 6 nitrogen and oxygen atoms in total. The summed E-state index contributed by atoms with van der Waals surface area (Å²) in [6.45, 7) is 2.50. The van der Waals surface area contributed by atoms with Crippen LogP contribution in [-0.4, -0.2) is 39.3 Å². The van der Waals surface area contributed by atoms with E-state index in [4.69, 9.17) is 0 Å². The molecule has 1 saturated heterocycles. The lowest BCUT2D eigenvalue weighted by atomic mass is 10.2. The summed E-state index contributed by atoms with van der Waals surface area (Å²) in [4.78, 5) is 37.5. The van der Waals surface area contributed by atoms with Crippen LogP contribution >= 0.6 is 22.7 Å². The van der Waals surface area contributed by atoms with Crippen LogP contribution in [0.3, 0.4) is 0 Å². The van der Waals surface area contributed by atoms with Crippen molar-refractivity contribution in [2.75, 3.05) is 11.9 Å². The molecular weight excluding hydrogens is 380 g/mol. The van der Waals surface area contributed by atoms with Gasteiger partial charge in [0.15, 0.2) is 5.13 Å². The summed E-state index contributed by atoms with van der Waals surface area (Å²) in [5.74, 6) is -0.258. The molecule has 27 heavy (non-hydrogen) atoms. The first-order valence-corrected chi connectivity index (χ1v) is 10.4. The number of aryl methyl sites for hydroxylation is 1. The molecule has 1 fully saturated rings. The number of carbonyl (C=O) groups excluding carboxylic acids is 2. The molecule has 0 spiro atoms. The summed E-state index contributed by atoms with van der Waals surface area (Å²) in [6, 6.07) is 8.89. The number of thiophene rings is 1. The third-order valence-corrected chi connectivity index (χ3v) is 6.43. The Morgan fingerprint density at radius 3 is 2.89 bits per heavy atom. The lowest BCUT2D eigenvalue weighted by Gasteiger charge is -2.22. The van der Waals surface area contributed by atoms with Crippen LogP contribution in [0.25, 0.3) is 10.6 Å². The van der Waals surface area contributed by atoms with Crippen LogP contribution in [0.1, 0.15) is 28.2 Å². The van der Waals surface area contributed by atoms with E-state index < -0.39 is 6.04 Å². The highest BCUT2D eigenvalue weighted by atomic mass is 32.1. The number of amides is 2. The number of rotatable bonds is 4. The maximum Gasteiger partial charge on any atom is 0.264 e. The first kappa shape index (κ1) is 17.8. The average Bonchev–Trinajstić information content (AvgIpc) is 3.43. The van der Waals surface area contributed by atoms with E-state index in [1.807, 2.05) is 36.6 Å². The lowest BCUT2D eigenvalue weighted by Crippen LogP contribution is -2.42. The monoisotopic (exact) mass is 398 g/mol. The molecule has 4 rings (SSSR count). The molecule has 3 aromatic rings. The van der Waals surface area contributed by atoms with E-state index in [0.717, 1.165) is 22.7 Å². The summed E-state index contributed by atoms with van der Waals surface area (Å²) in [7, 11) is 0. The van der Waals surface area contributed by atoms with Crippen LogP contribution in [0.4, 0.5) is 5.13 Å². The van der Waals surface area contributed by atoms with Crippen LogP contribution in [0.5, 0.6) is 0 Å². The quantitative estimate of drug-likeness (QED) is 0.725. The van der Waals surface area contributed by atoms with Gasteiger partial charge in [0.05, 0.1) is 21.1 Å². The van der Waals surface area contributed by atoms with E-state index in [1.165, 1.54) is 22.7 Å². The molecule has 1 N–H and O–H groups in total. The van der Waals surface area contributed by atoms with Crippen molar-refractivity contribution in [1.82, 2.24) is 14.9 Å². The molecule has 0 saturated carbocycles. The zero-order valence-electron chi connectivity index (χ0n) is 14.7. The van der Waals surface area contributed by atoms with Gasteiger partial charge in [-0.2, -0.15) is 0 Å². The topological polar surface area (TPSA) is 75.2 Å². The Labute approximate surface area is 164 Å². The van der Waals surface area contributed by atoms with Crippen molar-refractivity contribution in [3.8, 4) is 10.6 Å². The predicted molar refractivity (Wildman–Crippen MR) is 107 cm³/mol. The Morgan fingerprint density at radius 1 is 1.26 bits per heavy atom. The molecule has 1 atom stereocenters. The number of anilines is 1. The number of thiazole rings is 1. The number of aromatic nitrogens is 2. The molecule has 4 heterocycles. The van der Waals surface area contributed by atoms with Gasteiger partial charge in [0.25, 0.3) is 5.91 Å². The number of nitrogens with one attached hydrogen (secondary N) is 1. The number of pyridine rings is 1. The SMILES string of the molecule is Cc1nc(NC(=O)[C@@H]2CCCN2C(=O)c2cccs2)sc1-c1ccccn1. The Kier molecular flexibility index (Phi) is 5.00. The Hall–Kier alpha value is -2.58. The molecule has 0 unspecified atom stereocenters. The summed E-state index contributed by atoms with van der Waals surface area (Å²) < 4.78 is 0. The zero-order chi connectivity index (χ0) is 18.8. The van der Waals surface area contributed by atoms with E-state index in [-0.39, 0.29) is 11.8 Å². The first-order chi connectivity index (χ1) is 13.1. The first-order valence-electron chi connectivity index (χ1n) is 8.67. The van der Waals surface area contributed by atoms with Crippen molar-refractivity contribution < 1.29 is 9.59 Å². The second-order valence-corrected chi connectivity index (χ2v) is 8.22. The van der Waals surface area contributed by atoms with Crippen molar-refractivity contribution in [3.63, 3.8) is 0 Å². The molecule has 3 aromatic heterocycles. The van der Waals surface area contributed by atoms with Gasteiger partial charge in [0, 0.05) is 12.7 Å². The Morgan fingerprint density at radius 2 is 2.15 bits per heavy atom. The standard InChI is InChI=1S/C19H18N4O2S2/c1-12-16(13-6-2-3-9-20-13)27-19(21-12)22-17(24)14-7-4-10-23(14)18(25)15-8-5-11-26-15/h2-3,5-6,8-9,11,14H,4,7,10H2,1H3,(H,21,22,24)/t14-/m0/s1. The molecule has 1 aliphatic rings. The van der Waals surface area contributed by atoms with E-state index in [2.05, 4.69) is 15.3 Å². The van der Waals surface area contributed by atoms with E-state index >= 15 is 0 Å². The van der Waals surface area contributed by atoms with Gasteiger partial charge in [-0.15, -0.1) is 11.3 Å². The summed E-state index contributed by atoms with van der Waals surface area (Å²) in [5.41, 5.74) is 1.66. The zero-order valence-corrected chi connectivity index (χ0v) is 16.3. The highest BCUT2D eigenvalue weighted by molar-refractivity contribution is 7.19. The van der Waals surface area contributed by atoms with Gasteiger partial charge in [-0.25, -0.2) is 4.98 Å². The van der Waals surface area contributed by atoms with E-state index in [9.17, 15) is 9.59 Å². The molecule has 0 aromatic carbocycles. The van der Waals surface area contributed by atoms with Gasteiger partial charge in [-0.3, -0.25) is 14.6 Å². The fourth-order valence-corrected chi connectivity index (χ4v) is 4.82. The van der Waals surface area contributed by atoms with Gasteiger partial charge in [0.1, 0.15) is 6.04 Å². The largest absolute Gasteiger partial charge is 0.326 e. The summed E-state index contributed by atoms with van der Waals surface area (Å²) >= 11 is 2.80. The van der Waals surface area contributed by atoms with Gasteiger partial charge >= 0.3 is 0 Å². The molecular formula is C19H18N4O2S2. The second kappa shape index (κ2) is 7.58. The second-order valence-electron chi connectivity index (χ2n) is 6.27. The lowest BCUT2D eigenvalue weighted by molar-refractivity contribution is -0.119. The van der Waals surface area contributed by atoms with Crippen LogP contribution < -0.4 is 5.32 Å². The smallest absolute Gasteiger partial charge is 0.264 e. The minimum atomic E-state index is -0.456. The van der Waals surface area contributed by atoms with Crippen molar-refractivity contribution in [2.24, 2.45) is 0 Å². The van der Waals surface area contributed by atoms with E-state index in [0.29, 0.717) is 23.0 Å². The third kappa shape index (κ3) is 3.63. The third-order valence-electron chi connectivity index (χ3n) is 4.47. The van der Waals surface area contributed by atoms with Crippen LogP contribution in [0.2, 0.25) is 0 Å². The van der Waals surface area contributed by atoms with Crippen molar-refractivity contribution in [2.45, 2.75) is 25.8 Å². The molecule has 1 aliphatic heterocycles. The van der Waals surface area contributed by atoms with Crippen LogP contribution in [-0.2, 0) is 4.79 Å². The number of likely N-dealkylation sites (tertiary alicyclic amines) is 1. The summed E-state index contributed by atoms with van der Waals surface area (Å²) in [5, 5.41) is 5.30. The Balaban J connectivity index is 1.50. The highest BCUT2D eigenvalue weighted by Gasteiger charge is 2.35. The normalized spacial score (nSPS) is 16.5. The van der Waals surface area contributed by atoms with Gasteiger partial charge in [-0.1, -0.05) is 23.5 Å². The van der Waals surface area contributed by atoms with Crippen molar-refractivity contribution in [3.05, 3.63) is 52.5 Å². The average molecular weight is 399 g/mol. The Bertz CT molecular complexity index is 954. The van der Waals surface area contributed by atoms with Crippen molar-refractivity contribution >= 4 is 39.6 Å². The minimum Gasteiger partial charge on any atom is -0.326 e. The molecule has 8 heteroatoms. The number of hydrogen-bond acceptors (Lipinski definition) is 6. The fraction of sp³-hybridized carbons (Fsp3) is 0.263.